The van der Waals surface area contributed by atoms with E-state index in [2.05, 4.69) is 10.6 Å². The van der Waals surface area contributed by atoms with Crippen molar-refractivity contribution in [3.8, 4) is 0 Å². The van der Waals surface area contributed by atoms with Gasteiger partial charge >= 0.3 is 6.03 Å². The number of hydrogen-bond acceptors (Lipinski definition) is 1. The zero-order valence-corrected chi connectivity index (χ0v) is 10.6. The van der Waals surface area contributed by atoms with Crippen molar-refractivity contribution in [1.82, 2.24) is 10.6 Å². The first-order valence-electron chi connectivity index (χ1n) is 5.56. The number of amides is 2. The van der Waals surface area contributed by atoms with Gasteiger partial charge < -0.3 is 10.6 Å². The fourth-order valence-corrected chi connectivity index (χ4v) is 1.34. The number of urea groups is 1. The third-order valence-electron chi connectivity index (χ3n) is 2.16. The maximum Gasteiger partial charge on any atom is 0.318 e. The van der Waals surface area contributed by atoms with E-state index >= 15 is 0 Å². The van der Waals surface area contributed by atoms with Crippen LogP contribution >= 0.6 is 11.6 Å². The van der Waals surface area contributed by atoms with E-state index in [1.54, 1.807) is 6.20 Å². The van der Waals surface area contributed by atoms with Gasteiger partial charge in [0.1, 0.15) is 0 Å². The van der Waals surface area contributed by atoms with Crippen molar-refractivity contribution in [3.05, 3.63) is 41.6 Å². The van der Waals surface area contributed by atoms with E-state index in [1.165, 1.54) is 5.56 Å². The summed E-state index contributed by atoms with van der Waals surface area (Å²) >= 11 is 5.50. The molecule has 92 valence electrons. The first kappa shape index (κ1) is 13.6. The summed E-state index contributed by atoms with van der Waals surface area (Å²) in [6.45, 7) is 2.63. The van der Waals surface area contributed by atoms with E-state index in [0.717, 1.165) is 12.0 Å². The van der Waals surface area contributed by atoms with E-state index in [-0.39, 0.29) is 6.03 Å². The molecule has 0 saturated carbocycles. The lowest BCUT2D eigenvalue weighted by Crippen LogP contribution is -2.32. The van der Waals surface area contributed by atoms with E-state index in [1.807, 2.05) is 37.3 Å². The molecule has 1 aromatic rings. The molecule has 0 aromatic heterocycles. The topological polar surface area (TPSA) is 41.1 Å². The summed E-state index contributed by atoms with van der Waals surface area (Å²) in [6, 6.07) is 7.84. The summed E-state index contributed by atoms with van der Waals surface area (Å²) in [7, 11) is 0. The second kappa shape index (κ2) is 7.74. The van der Waals surface area contributed by atoms with Gasteiger partial charge in [-0.05, 0) is 25.0 Å². The average Bonchev–Trinajstić information content (AvgIpc) is 2.32. The number of alkyl halides is 1. The first-order valence-corrected chi connectivity index (χ1v) is 6.09. The van der Waals surface area contributed by atoms with E-state index < -0.39 is 0 Å². The monoisotopic (exact) mass is 252 g/mol. The Balaban J connectivity index is 2.29. The Morgan fingerprint density at radius 2 is 2.06 bits per heavy atom. The van der Waals surface area contributed by atoms with Crippen LogP contribution in [0, 0.1) is 6.92 Å². The molecule has 0 unspecified atom stereocenters. The highest BCUT2D eigenvalue weighted by Gasteiger charge is 1.94. The van der Waals surface area contributed by atoms with Crippen LogP contribution < -0.4 is 10.6 Å². The molecule has 0 radical (unpaired) electrons. The fourth-order valence-electron chi connectivity index (χ4n) is 1.21. The van der Waals surface area contributed by atoms with Crippen LogP contribution in [0.1, 0.15) is 17.5 Å². The van der Waals surface area contributed by atoms with Gasteiger partial charge in [-0.2, -0.15) is 0 Å². The summed E-state index contributed by atoms with van der Waals surface area (Å²) in [5.41, 5.74) is 2.27. The van der Waals surface area contributed by atoms with Gasteiger partial charge in [0.25, 0.3) is 0 Å². The summed E-state index contributed by atoms with van der Waals surface area (Å²) in [5, 5.41) is 5.32. The Hall–Kier alpha value is -1.48. The predicted octanol–water partition coefficient (Wildman–Crippen LogP) is 2.89. The van der Waals surface area contributed by atoms with E-state index in [0.29, 0.717) is 12.4 Å². The Bertz CT molecular complexity index is 374. The molecule has 2 N–H and O–H groups in total. The van der Waals surface area contributed by atoms with Gasteiger partial charge in [-0.1, -0.05) is 29.8 Å². The highest BCUT2D eigenvalue weighted by Crippen LogP contribution is 2.03. The molecule has 0 atom stereocenters. The molecule has 0 aliphatic rings. The second-order valence-electron chi connectivity index (χ2n) is 3.69. The maximum absolute atomic E-state index is 11.2. The average molecular weight is 253 g/mol. The SMILES string of the molecule is Cc1ccc(/C=C/NC(=O)NCCCCl)cc1. The maximum atomic E-state index is 11.2. The van der Waals surface area contributed by atoms with Crippen LogP contribution in [-0.2, 0) is 0 Å². The van der Waals surface area contributed by atoms with Gasteiger partial charge in [-0.3, -0.25) is 0 Å². The largest absolute Gasteiger partial charge is 0.338 e. The van der Waals surface area contributed by atoms with Crippen molar-refractivity contribution in [1.29, 1.82) is 0 Å². The zero-order valence-electron chi connectivity index (χ0n) is 9.87. The van der Waals surface area contributed by atoms with Crippen LogP contribution in [-0.4, -0.2) is 18.5 Å². The predicted molar refractivity (Wildman–Crippen MR) is 72.1 cm³/mol. The molecule has 0 heterocycles. The lowest BCUT2D eigenvalue weighted by Gasteiger charge is -2.02. The van der Waals surface area contributed by atoms with Gasteiger partial charge in [-0.25, -0.2) is 4.79 Å². The highest BCUT2D eigenvalue weighted by molar-refractivity contribution is 6.17. The molecule has 0 aliphatic heterocycles. The van der Waals surface area contributed by atoms with Crippen LogP contribution in [0.3, 0.4) is 0 Å². The van der Waals surface area contributed by atoms with Gasteiger partial charge in [0.2, 0.25) is 0 Å². The van der Waals surface area contributed by atoms with Gasteiger partial charge in [0.05, 0.1) is 0 Å². The summed E-state index contributed by atoms with van der Waals surface area (Å²) in [6.07, 6.45) is 4.25. The van der Waals surface area contributed by atoms with Crippen molar-refractivity contribution in [2.75, 3.05) is 12.4 Å². The van der Waals surface area contributed by atoms with Crippen LogP contribution in [0.25, 0.3) is 6.08 Å². The van der Waals surface area contributed by atoms with E-state index in [9.17, 15) is 4.79 Å². The third-order valence-corrected chi connectivity index (χ3v) is 2.43. The number of aryl methyl sites for hydroxylation is 1. The van der Waals surface area contributed by atoms with E-state index in [4.69, 9.17) is 11.6 Å². The molecule has 0 aliphatic carbocycles. The number of rotatable bonds is 5. The highest BCUT2D eigenvalue weighted by atomic mass is 35.5. The number of nitrogens with one attached hydrogen (secondary N) is 2. The number of carbonyl (C=O) groups excluding carboxylic acids is 1. The Morgan fingerprint density at radius 3 is 2.71 bits per heavy atom. The van der Waals surface area contributed by atoms with Gasteiger partial charge in [-0.15, -0.1) is 11.6 Å². The molecule has 4 heteroatoms. The molecular formula is C13H17ClN2O. The lowest BCUT2D eigenvalue weighted by molar-refractivity contribution is 0.244. The molecule has 0 bridgehead atoms. The van der Waals surface area contributed by atoms with Crippen LogP contribution in [0.5, 0.6) is 0 Å². The number of hydrogen-bond donors (Lipinski definition) is 2. The molecule has 1 aromatic carbocycles. The van der Waals surface area contributed by atoms with Crippen molar-refractivity contribution in [2.24, 2.45) is 0 Å². The van der Waals surface area contributed by atoms with Crippen molar-refractivity contribution < 1.29 is 4.79 Å². The Kier molecular flexibility index (Phi) is 6.18. The summed E-state index contributed by atoms with van der Waals surface area (Å²) in [4.78, 5) is 11.2. The molecule has 0 spiro atoms. The molecule has 17 heavy (non-hydrogen) atoms. The molecule has 1 rings (SSSR count). The van der Waals surface area contributed by atoms with Crippen LogP contribution in [0.2, 0.25) is 0 Å². The number of benzene rings is 1. The molecule has 0 saturated heterocycles. The number of carbonyl (C=O) groups is 1. The minimum Gasteiger partial charge on any atom is -0.338 e. The quantitative estimate of drug-likeness (QED) is 0.614. The zero-order chi connectivity index (χ0) is 12.5. The second-order valence-corrected chi connectivity index (χ2v) is 4.06. The normalized spacial score (nSPS) is 10.5. The third kappa shape index (κ3) is 5.97. The summed E-state index contributed by atoms with van der Waals surface area (Å²) < 4.78 is 0. The molecule has 0 fully saturated rings. The fraction of sp³-hybridized carbons (Fsp3) is 0.308. The standard InChI is InChI=1S/C13H17ClN2O/c1-11-3-5-12(6-4-11)7-10-16-13(17)15-9-2-8-14/h3-7,10H,2,8-9H2,1H3,(H2,15,16,17)/b10-7+. The number of halogens is 1. The summed E-state index contributed by atoms with van der Waals surface area (Å²) in [5.74, 6) is 0.555. The molecule has 2 amide bonds. The minimum absolute atomic E-state index is 0.210. The smallest absolute Gasteiger partial charge is 0.318 e. The van der Waals surface area contributed by atoms with Gasteiger partial charge in [0, 0.05) is 18.6 Å². The lowest BCUT2D eigenvalue weighted by atomic mass is 10.1. The van der Waals surface area contributed by atoms with Crippen molar-refractivity contribution in [3.63, 3.8) is 0 Å². The Labute approximate surface area is 107 Å². The molecule has 3 nitrogen and oxygen atoms in total. The Morgan fingerprint density at radius 1 is 1.35 bits per heavy atom. The van der Waals surface area contributed by atoms with Crippen LogP contribution in [0.15, 0.2) is 30.5 Å². The van der Waals surface area contributed by atoms with Crippen LogP contribution in [0.4, 0.5) is 4.79 Å². The minimum atomic E-state index is -0.210. The molecular weight excluding hydrogens is 236 g/mol. The van der Waals surface area contributed by atoms with Crippen molar-refractivity contribution in [2.45, 2.75) is 13.3 Å². The first-order chi connectivity index (χ1) is 8.22. The van der Waals surface area contributed by atoms with Crippen molar-refractivity contribution >= 4 is 23.7 Å². The van der Waals surface area contributed by atoms with Gasteiger partial charge in [0.15, 0.2) is 0 Å².